The van der Waals surface area contributed by atoms with Crippen LogP contribution >= 0.6 is 0 Å². The van der Waals surface area contributed by atoms with Gasteiger partial charge in [-0.25, -0.2) is 13.2 Å². The summed E-state index contributed by atoms with van der Waals surface area (Å²) in [7, 11) is -2.30. The Morgan fingerprint density at radius 2 is 1.66 bits per heavy atom. The van der Waals surface area contributed by atoms with Crippen LogP contribution in [0.1, 0.15) is 31.2 Å². The van der Waals surface area contributed by atoms with Crippen molar-refractivity contribution in [1.82, 2.24) is 4.90 Å². The normalized spacial score (nSPS) is 14.8. The number of rotatable bonds is 5. The SMILES string of the molecule is COc1ccc(C)cc1NS(=O)(=O)c1ccc(NC(=O)N2CCCCCC2)cc1. The summed E-state index contributed by atoms with van der Waals surface area (Å²) in [6.07, 6.45) is 4.32. The lowest BCUT2D eigenvalue weighted by atomic mass is 10.2. The van der Waals surface area contributed by atoms with Crippen molar-refractivity contribution in [1.29, 1.82) is 0 Å². The molecule has 156 valence electrons. The first-order chi connectivity index (χ1) is 13.9. The lowest BCUT2D eigenvalue weighted by Gasteiger charge is -2.20. The third-order valence-electron chi connectivity index (χ3n) is 4.91. The van der Waals surface area contributed by atoms with Crippen LogP contribution in [-0.4, -0.2) is 39.5 Å². The Morgan fingerprint density at radius 3 is 2.28 bits per heavy atom. The van der Waals surface area contributed by atoms with Crippen LogP contribution in [0.15, 0.2) is 47.4 Å². The van der Waals surface area contributed by atoms with Crippen LogP contribution in [0.3, 0.4) is 0 Å². The van der Waals surface area contributed by atoms with Gasteiger partial charge in [-0.15, -0.1) is 0 Å². The lowest BCUT2D eigenvalue weighted by molar-refractivity contribution is 0.214. The Morgan fingerprint density at radius 1 is 1.00 bits per heavy atom. The van der Waals surface area contributed by atoms with E-state index in [0.717, 1.165) is 44.3 Å². The summed E-state index contributed by atoms with van der Waals surface area (Å²) in [5.74, 6) is 0.445. The summed E-state index contributed by atoms with van der Waals surface area (Å²) in [5, 5.41) is 2.85. The molecule has 2 aromatic carbocycles. The van der Waals surface area contributed by atoms with E-state index in [9.17, 15) is 13.2 Å². The van der Waals surface area contributed by atoms with Crippen molar-refractivity contribution in [3.63, 3.8) is 0 Å². The second-order valence-electron chi connectivity index (χ2n) is 7.17. The first-order valence-corrected chi connectivity index (χ1v) is 11.2. The van der Waals surface area contributed by atoms with Crippen molar-refractivity contribution in [3.8, 4) is 5.75 Å². The van der Waals surface area contributed by atoms with Gasteiger partial charge in [-0.1, -0.05) is 18.9 Å². The van der Waals surface area contributed by atoms with E-state index >= 15 is 0 Å². The number of benzene rings is 2. The van der Waals surface area contributed by atoms with Gasteiger partial charge >= 0.3 is 6.03 Å². The van der Waals surface area contributed by atoms with E-state index in [0.29, 0.717) is 17.1 Å². The number of nitrogens with zero attached hydrogens (tertiary/aromatic N) is 1. The topological polar surface area (TPSA) is 87.7 Å². The molecule has 0 atom stereocenters. The first kappa shape index (κ1) is 21.0. The molecule has 29 heavy (non-hydrogen) atoms. The van der Waals surface area contributed by atoms with Gasteiger partial charge in [0, 0.05) is 18.8 Å². The number of sulfonamides is 1. The Bertz CT molecular complexity index is 950. The first-order valence-electron chi connectivity index (χ1n) is 9.72. The van der Waals surface area contributed by atoms with Crippen LogP contribution in [0.5, 0.6) is 5.75 Å². The van der Waals surface area contributed by atoms with Crippen molar-refractivity contribution < 1.29 is 17.9 Å². The zero-order chi connectivity index (χ0) is 20.9. The molecule has 1 aliphatic heterocycles. The fourth-order valence-corrected chi connectivity index (χ4v) is 4.36. The van der Waals surface area contributed by atoms with E-state index in [1.807, 2.05) is 17.9 Å². The van der Waals surface area contributed by atoms with E-state index in [1.54, 1.807) is 24.3 Å². The standard InChI is InChI=1S/C21H27N3O4S/c1-16-7-12-20(28-2)19(15-16)23-29(26,27)18-10-8-17(9-11-18)22-21(25)24-13-5-3-4-6-14-24/h7-12,15,23H,3-6,13-14H2,1-2H3,(H,22,25). The number of carbonyl (C=O) groups excluding carboxylic acids is 1. The van der Waals surface area contributed by atoms with Gasteiger partial charge in [0.05, 0.1) is 17.7 Å². The van der Waals surface area contributed by atoms with Crippen LogP contribution in [0.2, 0.25) is 0 Å². The molecule has 2 amide bonds. The molecule has 1 saturated heterocycles. The van der Waals surface area contributed by atoms with Crippen LogP contribution < -0.4 is 14.8 Å². The van der Waals surface area contributed by atoms with E-state index in [1.165, 1.54) is 19.2 Å². The molecule has 0 radical (unpaired) electrons. The monoisotopic (exact) mass is 417 g/mol. The predicted octanol–water partition coefficient (Wildman–Crippen LogP) is 4.21. The van der Waals surface area contributed by atoms with Crippen molar-refractivity contribution >= 4 is 27.4 Å². The number of hydrogen-bond donors (Lipinski definition) is 2. The molecule has 7 nitrogen and oxygen atoms in total. The third-order valence-corrected chi connectivity index (χ3v) is 6.29. The lowest BCUT2D eigenvalue weighted by Crippen LogP contribution is -2.35. The molecule has 0 spiro atoms. The molecule has 1 aliphatic rings. The second-order valence-corrected chi connectivity index (χ2v) is 8.85. The maximum Gasteiger partial charge on any atom is 0.321 e. The Balaban J connectivity index is 1.70. The summed E-state index contributed by atoms with van der Waals surface area (Å²) >= 11 is 0. The molecule has 0 bridgehead atoms. The summed E-state index contributed by atoms with van der Waals surface area (Å²) in [6, 6.07) is 11.3. The highest BCUT2D eigenvalue weighted by Crippen LogP contribution is 2.28. The summed E-state index contributed by atoms with van der Waals surface area (Å²) in [6.45, 7) is 3.38. The van der Waals surface area contributed by atoms with Crippen molar-refractivity contribution in [2.45, 2.75) is 37.5 Å². The average molecular weight is 418 g/mol. The number of anilines is 2. The quantitative estimate of drug-likeness (QED) is 0.763. The summed E-state index contributed by atoms with van der Waals surface area (Å²) in [5.41, 5.74) is 1.85. The van der Waals surface area contributed by atoms with Crippen molar-refractivity contribution in [3.05, 3.63) is 48.0 Å². The number of amides is 2. The van der Waals surface area contributed by atoms with E-state index in [4.69, 9.17) is 4.74 Å². The molecular weight excluding hydrogens is 390 g/mol. The van der Waals surface area contributed by atoms with E-state index < -0.39 is 10.0 Å². The third kappa shape index (κ3) is 5.41. The van der Waals surface area contributed by atoms with Gasteiger partial charge in [-0.05, 0) is 61.7 Å². The fraction of sp³-hybridized carbons (Fsp3) is 0.381. The number of hydrogen-bond acceptors (Lipinski definition) is 4. The Hall–Kier alpha value is -2.74. The number of ether oxygens (including phenoxy) is 1. The summed E-state index contributed by atoms with van der Waals surface area (Å²) < 4.78 is 33.3. The molecule has 0 aliphatic carbocycles. The van der Waals surface area contributed by atoms with Gasteiger partial charge < -0.3 is 15.0 Å². The second kappa shape index (κ2) is 9.17. The van der Waals surface area contributed by atoms with Crippen LogP contribution in [-0.2, 0) is 10.0 Å². The van der Waals surface area contributed by atoms with Crippen molar-refractivity contribution in [2.24, 2.45) is 0 Å². The van der Waals surface area contributed by atoms with Gasteiger partial charge in [-0.2, -0.15) is 0 Å². The highest BCUT2D eigenvalue weighted by atomic mass is 32.2. The van der Waals surface area contributed by atoms with Crippen molar-refractivity contribution in [2.75, 3.05) is 30.2 Å². The van der Waals surface area contributed by atoms with Gasteiger partial charge in [-0.3, -0.25) is 4.72 Å². The molecular formula is C21H27N3O4S. The number of likely N-dealkylation sites (tertiary alicyclic amines) is 1. The zero-order valence-corrected chi connectivity index (χ0v) is 17.6. The molecule has 1 fully saturated rings. The van der Waals surface area contributed by atoms with E-state index in [2.05, 4.69) is 10.0 Å². The number of carbonyl (C=O) groups is 1. The Kier molecular flexibility index (Phi) is 6.64. The minimum absolute atomic E-state index is 0.105. The average Bonchev–Trinajstić information content (AvgIpc) is 2.98. The minimum atomic E-state index is -3.79. The maximum atomic E-state index is 12.7. The maximum absolute atomic E-state index is 12.7. The predicted molar refractivity (Wildman–Crippen MR) is 114 cm³/mol. The zero-order valence-electron chi connectivity index (χ0n) is 16.8. The Labute approximate surface area is 172 Å². The van der Waals surface area contributed by atoms with Crippen LogP contribution in [0, 0.1) is 6.92 Å². The van der Waals surface area contributed by atoms with Gasteiger partial charge in [0.25, 0.3) is 10.0 Å². The summed E-state index contributed by atoms with van der Waals surface area (Å²) in [4.78, 5) is 14.3. The molecule has 0 saturated carbocycles. The minimum Gasteiger partial charge on any atom is -0.495 e. The highest BCUT2D eigenvalue weighted by Gasteiger charge is 2.18. The number of urea groups is 1. The highest BCUT2D eigenvalue weighted by molar-refractivity contribution is 7.92. The number of nitrogens with one attached hydrogen (secondary N) is 2. The van der Waals surface area contributed by atoms with E-state index in [-0.39, 0.29) is 10.9 Å². The smallest absolute Gasteiger partial charge is 0.321 e. The van der Waals surface area contributed by atoms with Gasteiger partial charge in [0.1, 0.15) is 5.75 Å². The molecule has 0 unspecified atom stereocenters. The molecule has 0 aromatic heterocycles. The fourth-order valence-electron chi connectivity index (χ4n) is 3.30. The van der Waals surface area contributed by atoms with Crippen LogP contribution in [0.25, 0.3) is 0 Å². The largest absolute Gasteiger partial charge is 0.495 e. The molecule has 2 N–H and O–H groups in total. The number of methoxy groups -OCH3 is 1. The number of aryl methyl sites for hydroxylation is 1. The molecule has 8 heteroatoms. The van der Waals surface area contributed by atoms with Gasteiger partial charge in [0.2, 0.25) is 0 Å². The van der Waals surface area contributed by atoms with Gasteiger partial charge in [0.15, 0.2) is 0 Å². The van der Waals surface area contributed by atoms with Crippen LogP contribution in [0.4, 0.5) is 16.2 Å². The molecule has 2 aromatic rings. The molecule has 3 rings (SSSR count). The molecule has 1 heterocycles.